The van der Waals surface area contributed by atoms with Gasteiger partial charge in [0.1, 0.15) is 10.8 Å². The average molecular weight is 329 g/mol. The number of rotatable bonds is 4. The van der Waals surface area contributed by atoms with Crippen LogP contribution in [-0.4, -0.2) is 18.4 Å². The molecule has 3 N–H and O–H groups in total. The zero-order valence-electron chi connectivity index (χ0n) is 10.4. The summed E-state index contributed by atoms with van der Waals surface area (Å²) in [6.07, 6.45) is 1.12. The van der Waals surface area contributed by atoms with Crippen LogP contribution in [0.5, 0.6) is 0 Å². The molecular weight excluding hydrogens is 320 g/mol. The van der Waals surface area contributed by atoms with E-state index in [-0.39, 0.29) is 16.2 Å². The van der Waals surface area contributed by atoms with Gasteiger partial charge in [0.2, 0.25) is 5.03 Å². The molecule has 0 spiro atoms. The Hall–Kier alpha value is -2.13. The number of sulfonamides is 1. The number of halogens is 2. The van der Waals surface area contributed by atoms with E-state index in [0.717, 1.165) is 18.3 Å². The van der Waals surface area contributed by atoms with Gasteiger partial charge in [0, 0.05) is 6.20 Å². The summed E-state index contributed by atoms with van der Waals surface area (Å²) in [5.41, 5.74) is 4.91. The van der Waals surface area contributed by atoms with Crippen molar-refractivity contribution >= 4 is 32.9 Å². The van der Waals surface area contributed by atoms with Gasteiger partial charge in [0.15, 0.2) is 5.82 Å². The van der Waals surface area contributed by atoms with Gasteiger partial charge in [-0.1, -0.05) is 18.3 Å². The minimum Gasteiger partial charge on any atom is -0.389 e. The molecule has 0 amide bonds. The van der Waals surface area contributed by atoms with Gasteiger partial charge in [-0.05, 0) is 24.3 Å². The number of thiocarbonyl (C=S) groups is 1. The Morgan fingerprint density at radius 3 is 2.48 bits per heavy atom. The van der Waals surface area contributed by atoms with Crippen molar-refractivity contribution in [1.29, 1.82) is 0 Å². The Morgan fingerprint density at radius 1 is 1.19 bits per heavy atom. The largest absolute Gasteiger partial charge is 0.389 e. The van der Waals surface area contributed by atoms with E-state index in [1.807, 2.05) is 4.72 Å². The molecule has 1 aromatic heterocycles. The first-order valence-electron chi connectivity index (χ1n) is 5.54. The van der Waals surface area contributed by atoms with Gasteiger partial charge >= 0.3 is 0 Å². The maximum atomic E-state index is 13.7. The van der Waals surface area contributed by atoms with Crippen molar-refractivity contribution in [2.24, 2.45) is 5.73 Å². The standard InChI is InChI=1S/C12H9F2N3O2S2/c13-7-3-1-5-9(10(7)11(15)20)17-21(18,19)12-8(14)4-2-6-16-12/h1-6,17H,(H2,15,20). The van der Waals surface area contributed by atoms with Crippen LogP contribution in [-0.2, 0) is 10.0 Å². The molecule has 110 valence electrons. The molecule has 9 heteroatoms. The highest BCUT2D eigenvalue weighted by atomic mass is 32.2. The maximum Gasteiger partial charge on any atom is 0.282 e. The van der Waals surface area contributed by atoms with E-state index in [4.69, 9.17) is 5.73 Å². The van der Waals surface area contributed by atoms with E-state index >= 15 is 0 Å². The van der Waals surface area contributed by atoms with Crippen LogP contribution in [0.2, 0.25) is 0 Å². The third kappa shape index (κ3) is 3.14. The Bertz CT molecular complexity index is 810. The maximum absolute atomic E-state index is 13.7. The minimum absolute atomic E-state index is 0.187. The molecule has 1 aromatic carbocycles. The van der Waals surface area contributed by atoms with Crippen molar-refractivity contribution < 1.29 is 17.2 Å². The topological polar surface area (TPSA) is 85.1 Å². The molecule has 2 rings (SSSR count). The normalized spacial score (nSPS) is 11.1. The molecule has 2 aromatic rings. The van der Waals surface area contributed by atoms with E-state index in [2.05, 4.69) is 17.2 Å². The van der Waals surface area contributed by atoms with E-state index in [1.54, 1.807) is 0 Å². The van der Waals surface area contributed by atoms with Crippen LogP contribution in [0.25, 0.3) is 0 Å². The third-order valence-corrected chi connectivity index (χ3v) is 3.99. The smallest absolute Gasteiger partial charge is 0.282 e. The molecule has 0 aliphatic carbocycles. The Morgan fingerprint density at radius 2 is 1.86 bits per heavy atom. The molecule has 0 unspecified atom stereocenters. The highest BCUT2D eigenvalue weighted by molar-refractivity contribution is 7.92. The van der Waals surface area contributed by atoms with Gasteiger partial charge in [-0.3, -0.25) is 4.72 Å². The first kappa shape index (κ1) is 15.3. The molecule has 0 saturated heterocycles. The molecule has 0 aliphatic rings. The van der Waals surface area contributed by atoms with Crippen molar-refractivity contribution in [3.63, 3.8) is 0 Å². The van der Waals surface area contributed by atoms with Crippen molar-refractivity contribution in [1.82, 2.24) is 4.98 Å². The second-order valence-corrected chi connectivity index (χ2v) is 5.96. The lowest BCUT2D eigenvalue weighted by molar-refractivity contribution is 0.557. The minimum atomic E-state index is -4.33. The lowest BCUT2D eigenvalue weighted by atomic mass is 10.2. The molecule has 21 heavy (non-hydrogen) atoms. The number of pyridine rings is 1. The predicted octanol–water partition coefficient (Wildman–Crippen LogP) is 1.79. The van der Waals surface area contributed by atoms with Gasteiger partial charge in [-0.2, -0.15) is 8.42 Å². The van der Waals surface area contributed by atoms with Crippen LogP contribution in [0.3, 0.4) is 0 Å². The fourth-order valence-electron chi connectivity index (χ4n) is 1.62. The highest BCUT2D eigenvalue weighted by Gasteiger charge is 2.23. The van der Waals surface area contributed by atoms with Crippen LogP contribution in [0.15, 0.2) is 41.6 Å². The molecule has 5 nitrogen and oxygen atoms in total. The van der Waals surface area contributed by atoms with Crippen LogP contribution in [0.1, 0.15) is 5.56 Å². The molecule has 0 radical (unpaired) electrons. The lowest BCUT2D eigenvalue weighted by Gasteiger charge is -2.12. The first-order chi connectivity index (χ1) is 9.83. The van der Waals surface area contributed by atoms with Crippen molar-refractivity contribution in [2.75, 3.05) is 4.72 Å². The summed E-state index contributed by atoms with van der Waals surface area (Å²) in [5.74, 6) is -1.82. The summed E-state index contributed by atoms with van der Waals surface area (Å²) in [4.78, 5) is 3.13. The second-order valence-electron chi connectivity index (χ2n) is 3.92. The molecule has 0 atom stereocenters. The van der Waals surface area contributed by atoms with E-state index < -0.39 is 26.7 Å². The number of nitrogens with one attached hydrogen (secondary N) is 1. The summed E-state index contributed by atoms with van der Waals surface area (Å²) in [6, 6.07) is 5.80. The zero-order chi connectivity index (χ0) is 15.6. The zero-order valence-corrected chi connectivity index (χ0v) is 12.0. The van der Waals surface area contributed by atoms with Gasteiger partial charge in [0.05, 0.1) is 11.3 Å². The van der Waals surface area contributed by atoms with Gasteiger partial charge in [0.25, 0.3) is 10.0 Å². The Labute approximate surface area is 124 Å². The Balaban J connectivity index is 2.50. The van der Waals surface area contributed by atoms with Crippen molar-refractivity contribution in [2.45, 2.75) is 5.03 Å². The molecule has 1 heterocycles. The molecule has 0 bridgehead atoms. The molecule has 0 saturated carbocycles. The van der Waals surface area contributed by atoms with Crippen LogP contribution < -0.4 is 10.5 Å². The predicted molar refractivity (Wildman–Crippen MR) is 77.3 cm³/mol. The van der Waals surface area contributed by atoms with Crippen LogP contribution >= 0.6 is 12.2 Å². The highest BCUT2D eigenvalue weighted by Crippen LogP contribution is 2.22. The number of hydrogen-bond donors (Lipinski definition) is 2. The monoisotopic (exact) mass is 329 g/mol. The number of nitrogens with zero attached hydrogens (tertiary/aromatic N) is 1. The molecule has 0 aliphatic heterocycles. The summed E-state index contributed by atoms with van der Waals surface area (Å²) >= 11 is 4.68. The molecule has 0 fully saturated rings. The van der Waals surface area contributed by atoms with E-state index in [9.17, 15) is 17.2 Å². The summed E-state index contributed by atoms with van der Waals surface area (Å²) in [7, 11) is -4.33. The van der Waals surface area contributed by atoms with Gasteiger partial charge in [-0.15, -0.1) is 0 Å². The first-order valence-corrected chi connectivity index (χ1v) is 7.43. The number of aromatic nitrogens is 1. The summed E-state index contributed by atoms with van der Waals surface area (Å²) < 4.78 is 53.4. The Kier molecular flexibility index (Phi) is 4.14. The van der Waals surface area contributed by atoms with Gasteiger partial charge in [-0.25, -0.2) is 13.8 Å². The number of benzene rings is 1. The number of hydrogen-bond acceptors (Lipinski definition) is 4. The summed E-state index contributed by atoms with van der Waals surface area (Å²) in [5, 5.41) is -0.803. The SMILES string of the molecule is NC(=S)c1c(F)cccc1NS(=O)(=O)c1ncccc1F. The lowest BCUT2D eigenvalue weighted by Crippen LogP contribution is -2.20. The number of anilines is 1. The average Bonchev–Trinajstić information content (AvgIpc) is 2.38. The fourth-order valence-corrected chi connectivity index (χ4v) is 2.91. The fraction of sp³-hybridized carbons (Fsp3) is 0. The van der Waals surface area contributed by atoms with E-state index in [1.165, 1.54) is 18.2 Å². The second kappa shape index (κ2) is 5.70. The third-order valence-electron chi connectivity index (χ3n) is 2.48. The quantitative estimate of drug-likeness (QED) is 0.836. The molecular formula is C12H9F2N3O2S2. The number of nitrogens with two attached hydrogens (primary N) is 1. The van der Waals surface area contributed by atoms with Crippen LogP contribution in [0.4, 0.5) is 14.5 Å². The van der Waals surface area contributed by atoms with E-state index in [0.29, 0.717) is 0 Å². The van der Waals surface area contributed by atoms with Crippen LogP contribution in [0, 0.1) is 11.6 Å². The van der Waals surface area contributed by atoms with Crippen molar-refractivity contribution in [3.8, 4) is 0 Å². The summed E-state index contributed by atoms with van der Waals surface area (Å²) in [6.45, 7) is 0. The van der Waals surface area contributed by atoms with Gasteiger partial charge < -0.3 is 5.73 Å². The van der Waals surface area contributed by atoms with Crippen molar-refractivity contribution in [3.05, 3.63) is 53.7 Å².